The standard InChI is InChI=1S/C29H46ClFN6OSi2/c1-18(2)29(6,38-39(7,8)9)20-17-37(16-15-32-20)27-21(30)25(40(10,11)28(3,4)5)22(31)24(34-27)23-19-13-12-14-33-26(19)36-35-23/h12-14,18,20,32H,15-17H2,1-11H3,(H,33,35,36). The zero-order valence-electron chi connectivity index (χ0n) is 26.0. The van der Waals surface area contributed by atoms with Crippen LogP contribution in [0.3, 0.4) is 0 Å². The molecule has 1 saturated heterocycles. The van der Waals surface area contributed by atoms with Crippen LogP contribution in [0, 0.1) is 11.7 Å². The van der Waals surface area contributed by atoms with Gasteiger partial charge in [-0.3, -0.25) is 5.10 Å². The van der Waals surface area contributed by atoms with Crippen molar-refractivity contribution < 1.29 is 8.82 Å². The number of piperazine rings is 1. The molecular weight excluding hydrogens is 559 g/mol. The molecule has 1 aliphatic rings. The van der Waals surface area contributed by atoms with Crippen LogP contribution in [-0.4, -0.2) is 67.8 Å². The topological polar surface area (TPSA) is 79.0 Å². The Hall–Kier alpha value is -1.86. The van der Waals surface area contributed by atoms with Crippen molar-refractivity contribution in [3.05, 3.63) is 29.2 Å². The molecule has 0 aromatic carbocycles. The summed E-state index contributed by atoms with van der Waals surface area (Å²) in [5.41, 5.74) is 0.894. The monoisotopic (exact) mass is 604 g/mol. The minimum atomic E-state index is -2.44. The van der Waals surface area contributed by atoms with Crippen LogP contribution >= 0.6 is 11.6 Å². The molecule has 3 aromatic heterocycles. The maximum Gasteiger partial charge on any atom is 0.184 e. The fraction of sp³-hybridized carbons (Fsp3) is 0.621. The molecule has 0 spiro atoms. The van der Waals surface area contributed by atoms with E-state index in [0.29, 0.717) is 40.5 Å². The zero-order chi connectivity index (χ0) is 29.8. The summed E-state index contributed by atoms with van der Waals surface area (Å²) in [5.74, 6) is 0.525. The molecule has 4 rings (SSSR count). The number of nitrogens with one attached hydrogen (secondary N) is 2. The summed E-state index contributed by atoms with van der Waals surface area (Å²) in [6.07, 6.45) is 1.69. The highest BCUT2D eigenvalue weighted by atomic mass is 35.5. The second kappa shape index (κ2) is 10.8. The SMILES string of the molecule is CC(C)C(C)(O[Si](C)(C)C)C1CN(c2nc(-c3n[nH]c4ncccc34)c(F)c([Si](C)(C)C(C)(C)C)c2Cl)CCN1. The molecule has 0 amide bonds. The van der Waals surface area contributed by atoms with E-state index < -0.39 is 16.4 Å². The molecule has 3 aromatic rings. The van der Waals surface area contributed by atoms with Gasteiger partial charge in [-0.15, -0.1) is 0 Å². The van der Waals surface area contributed by atoms with Crippen molar-refractivity contribution in [2.75, 3.05) is 24.5 Å². The van der Waals surface area contributed by atoms with E-state index in [0.717, 1.165) is 11.9 Å². The maximum absolute atomic E-state index is 16.7. The molecule has 0 bridgehead atoms. The number of fused-ring (bicyclic) bond motifs is 1. The summed E-state index contributed by atoms with van der Waals surface area (Å²) in [6, 6.07) is 3.77. The first kappa shape index (κ1) is 31.1. The maximum atomic E-state index is 16.7. The van der Waals surface area contributed by atoms with E-state index in [1.807, 2.05) is 12.1 Å². The van der Waals surface area contributed by atoms with Crippen molar-refractivity contribution in [1.82, 2.24) is 25.5 Å². The van der Waals surface area contributed by atoms with Crippen molar-refractivity contribution in [3.8, 4) is 11.4 Å². The van der Waals surface area contributed by atoms with E-state index in [1.165, 1.54) is 0 Å². The van der Waals surface area contributed by atoms with Gasteiger partial charge in [0.25, 0.3) is 0 Å². The molecule has 0 saturated carbocycles. The van der Waals surface area contributed by atoms with E-state index in [-0.39, 0.29) is 34.1 Å². The number of rotatable bonds is 7. The predicted octanol–water partition coefficient (Wildman–Crippen LogP) is 6.57. The number of aromatic nitrogens is 4. The number of hydrogen-bond donors (Lipinski definition) is 2. The van der Waals surface area contributed by atoms with Gasteiger partial charge in [0.1, 0.15) is 17.2 Å². The Morgan fingerprint density at radius 2 is 1.80 bits per heavy atom. The van der Waals surface area contributed by atoms with E-state index in [9.17, 15) is 0 Å². The van der Waals surface area contributed by atoms with Gasteiger partial charge in [-0.1, -0.05) is 59.3 Å². The fourth-order valence-electron chi connectivity index (χ4n) is 5.43. The van der Waals surface area contributed by atoms with E-state index in [4.69, 9.17) is 21.0 Å². The van der Waals surface area contributed by atoms with Gasteiger partial charge in [0.2, 0.25) is 0 Å². The summed E-state index contributed by atoms with van der Waals surface area (Å²) >= 11 is 7.23. The molecule has 0 aliphatic carbocycles. The quantitative estimate of drug-likeness (QED) is 0.297. The fourth-order valence-corrected chi connectivity index (χ4v) is 10.2. The first-order valence-electron chi connectivity index (χ1n) is 14.3. The van der Waals surface area contributed by atoms with E-state index in [1.54, 1.807) is 6.20 Å². The lowest BCUT2D eigenvalue weighted by Crippen LogP contribution is -2.65. The van der Waals surface area contributed by atoms with Gasteiger partial charge in [-0.25, -0.2) is 14.4 Å². The van der Waals surface area contributed by atoms with Crippen LogP contribution in [0.2, 0.25) is 42.8 Å². The van der Waals surface area contributed by atoms with Gasteiger partial charge < -0.3 is 14.6 Å². The summed E-state index contributed by atoms with van der Waals surface area (Å²) in [7, 11) is -4.29. The highest BCUT2D eigenvalue weighted by Crippen LogP contribution is 2.41. The number of halogens is 2. The van der Waals surface area contributed by atoms with Crippen LogP contribution in [0.1, 0.15) is 41.5 Å². The molecule has 2 atom stereocenters. The number of nitrogens with zero attached hydrogens (tertiary/aromatic N) is 4. The van der Waals surface area contributed by atoms with Crippen LogP contribution in [0.15, 0.2) is 18.3 Å². The largest absolute Gasteiger partial charge is 0.411 e. The third-order valence-electron chi connectivity index (χ3n) is 8.96. The van der Waals surface area contributed by atoms with Crippen LogP contribution in [0.25, 0.3) is 22.4 Å². The van der Waals surface area contributed by atoms with Gasteiger partial charge in [0.05, 0.1) is 24.7 Å². The Kier molecular flexibility index (Phi) is 8.37. The Balaban J connectivity index is 1.91. The Labute approximate surface area is 245 Å². The smallest absolute Gasteiger partial charge is 0.184 e. The Bertz CT molecular complexity index is 1380. The first-order chi connectivity index (χ1) is 18.4. The number of H-pyrrole nitrogens is 1. The van der Waals surface area contributed by atoms with Gasteiger partial charge in [-0.2, -0.15) is 5.10 Å². The molecule has 4 heterocycles. The number of aromatic amines is 1. The second-order valence-corrected chi connectivity index (χ2v) is 24.2. The van der Waals surface area contributed by atoms with Crippen molar-refractivity contribution in [2.45, 2.75) is 91.0 Å². The average molecular weight is 605 g/mol. The predicted molar refractivity (Wildman–Crippen MR) is 171 cm³/mol. The van der Waals surface area contributed by atoms with Crippen LogP contribution in [0.5, 0.6) is 0 Å². The van der Waals surface area contributed by atoms with Gasteiger partial charge >= 0.3 is 0 Å². The molecule has 1 aliphatic heterocycles. The second-order valence-electron chi connectivity index (χ2n) is 14.1. The molecule has 2 N–H and O–H groups in total. The van der Waals surface area contributed by atoms with Crippen molar-refractivity contribution in [2.24, 2.45) is 5.92 Å². The van der Waals surface area contributed by atoms with Gasteiger partial charge in [0.15, 0.2) is 19.8 Å². The van der Waals surface area contributed by atoms with Gasteiger partial charge in [-0.05, 0) is 54.8 Å². The molecule has 7 nitrogen and oxygen atoms in total. The average Bonchev–Trinajstić information content (AvgIpc) is 3.26. The lowest BCUT2D eigenvalue weighted by Gasteiger charge is -2.49. The summed E-state index contributed by atoms with van der Waals surface area (Å²) < 4.78 is 23.6. The third-order valence-corrected chi connectivity index (χ3v) is 16.0. The molecular formula is C29H46ClFN6OSi2. The van der Waals surface area contributed by atoms with Gasteiger partial charge in [0, 0.05) is 31.2 Å². The zero-order valence-corrected chi connectivity index (χ0v) is 28.7. The van der Waals surface area contributed by atoms with Crippen molar-refractivity contribution in [3.63, 3.8) is 0 Å². The molecule has 220 valence electrons. The Morgan fingerprint density at radius 1 is 1.12 bits per heavy atom. The normalized spacial score (nSPS) is 18.9. The first-order valence-corrected chi connectivity index (χ1v) is 21.0. The summed E-state index contributed by atoms with van der Waals surface area (Å²) in [5, 5.41) is 12.8. The highest BCUT2D eigenvalue weighted by molar-refractivity contribution is 6.93. The van der Waals surface area contributed by atoms with E-state index in [2.05, 4.69) is 99.7 Å². The molecule has 2 unspecified atom stereocenters. The minimum Gasteiger partial charge on any atom is -0.411 e. The van der Waals surface area contributed by atoms with Crippen LogP contribution < -0.4 is 15.4 Å². The molecule has 40 heavy (non-hydrogen) atoms. The summed E-state index contributed by atoms with van der Waals surface area (Å²) in [6.45, 7) is 26.3. The number of anilines is 1. The van der Waals surface area contributed by atoms with Crippen molar-refractivity contribution >= 4 is 50.0 Å². The third kappa shape index (κ3) is 5.62. The highest BCUT2D eigenvalue weighted by Gasteiger charge is 2.46. The van der Waals surface area contributed by atoms with E-state index >= 15 is 4.39 Å². The molecule has 0 radical (unpaired) electrons. The lowest BCUT2D eigenvalue weighted by molar-refractivity contribution is -0.00559. The summed E-state index contributed by atoms with van der Waals surface area (Å²) in [4.78, 5) is 11.5. The van der Waals surface area contributed by atoms with Crippen LogP contribution in [0.4, 0.5) is 10.2 Å². The lowest BCUT2D eigenvalue weighted by atomic mass is 9.84. The number of hydrogen-bond acceptors (Lipinski definition) is 6. The number of pyridine rings is 2. The Morgan fingerprint density at radius 3 is 2.40 bits per heavy atom. The molecule has 11 heteroatoms. The van der Waals surface area contributed by atoms with Crippen LogP contribution in [-0.2, 0) is 4.43 Å². The molecule has 1 fully saturated rings. The van der Waals surface area contributed by atoms with Crippen molar-refractivity contribution in [1.29, 1.82) is 0 Å². The minimum absolute atomic E-state index is 0.0473.